The number of nitrogens with zero attached hydrogens (tertiary/aromatic N) is 1. The Bertz CT molecular complexity index is 1180. The van der Waals surface area contributed by atoms with Crippen LogP contribution in [0.5, 0.6) is 11.5 Å². The van der Waals surface area contributed by atoms with Crippen LogP contribution in [0, 0.1) is 0 Å². The van der Waals surface area contributed by atoms with Gasteiger partial charge in [0, 0.05) is 23.7 Å². The molecule has 0 unspecified atom stereocenters. The van der Waals surface area contributed by atoms with Gasteiger partial charge in [0.05, 0.1) is 25.2 Å². The molecule has 8 heteroatoms. The van der Waals surface area contributed by atoms with Gasteiger partial charge < -0.3 is 14.2 Å². The van der Waals surface area contributed by atoms with Gasteiger partial charge in [0.25, 0.3) is 0 Å². The molecule has 3 aromatic rings. The van der Waals surface area contributed by atoms with Gasteiger partial charge in [-0.05, 0) is 53.6 Å². The molecule has 0 atom stereocenters. The highest BCUT2D eigenvalue weighted by Gasteiger charge is 2.28. The highest BCUT2D eigenvalue weighted by Crippen LogP contribution is 2.29. The summed E-state index contributed by atoms with van der Waals surface area (Å²) in [5.74, 6) is 1.29. The topological polar surface area (TPSA) is 65.1 Å². The van der Waals surface area contributed by atoms with E-state index in [0.29, 0.717) is 29.7 Å². The second-order valence-electron chi connectivity index (χ2n) is 7.39. The van der Waals surface area contributed by atoms with Gasteiger partial charge in [0.2, 0.25) is 10.0 Å². The van der Waals surface area contributed by atoms with Gasteiger partial charge in [-0.3, -0.25) is 0 Å². The van der Waals surface area contributed by atoms with Gasteiger partial charge >= 0.3 is 0 Å². The van der Waals surface area contributed by atoms with Crippen LogP contribution < -0.4 is 9.47 Å². The Hall–Kier alpha value is -2.58. The van der Waals surface area contributed by atoms with Crippen LogP contribution >= 0.6 is 11.6 Å². The molecule has 0 N–H and O–H groups in total. The van der Waals surface area contributed by atoms with Crippen molar-refractivity contribution in [1.29, 1.82) is 0 Å². The van der Waals surface area contributed by atoms with Crippen molar-refractivity contribution in [2.45, 2.75) is 24.7 Å². The molecule has 168 valence electrons. The summed E-state index contributed by atoms with van der Waals surface area (Å²) >= 11 is 6.18. The number of ether oxygens (including phenoxy) is 3. The Morgan fingerprint density at radius 2 is 1.81 bits per heavy atom. The molecule has 3 aromatic carbocycles. The van der Waals surface area contributed by atoms with Gasteiger partial charge in [-0.1, -0.05) is 35.9 Å². The molecule has 0 fully saturated rings. The standard InChI is InChI=1S/C24H24ClNO5S/c1-29-21-7-9-22(10-8-21)32(27,28)26-12-13-31-24-11-6-18(14-20(24)15-26)16-30-17-19-4-2-3-5-23(19)25/h2-11,14H,12-13,15-17H2,1H3. The number of fused-ring (bicyclic) bond motifs is 1. The molecule has 6 nitrogen and oxygen atoms in total. The van der Waals surface area contributed by atoms with E-state index in [4.69, 9.17) is 25.8 Å². The van der Waals surface area contributed by atoms with E-state index in [1.54, 1.807) is 31.4 Å². The molecule has 4 rings (SSSR count). The summed E-state index contributed by atoms with van der Waals surface area (Å²) in [5, 5.41) is 0.669. The molecule has 1 aliphatic rings. The molecule has 1 heterocycles. The van der Waals surface area contributed by atoms with Gasteiger partial charge in [-0.25, -0.2) is 8.42 Å². The highest BCUT2D eigenvalue weighted by atomic mass is 35.5. The molecular formula is C24H24ClNO5S. The molecule has 0 bridgehead atoms. The van der Waals surface area contributed by atoms with Crippen LogP contribution in [0.15, 0.2) is 71.6 Å². The quantitative estimate of drug-likeness (QED) is 0.499. The fraction of sp³-hybridized carbons (Fsp3) is 0.250. The lowest BCUT2D eigenvalue weighted by Crippen LogP contribution is -2.32. The van der Waals surface area contributed by atoms with Crippen molar-refractivity contribution in [1.82, 2.24) is 4.31 Å². The normalized spacial score (nSPS) is 14.3. The van der Waals surface area contributed by atoms with E-state index in [2.05, 4.69) is 0 Å². The van der Waals surface area contributed by atoms with E-state index in [-0.39, 0.29) is 24.6 Å². The third kappa shape index (κ3) is 5.07. The van der Waals surface area contributed by atoms with Crippen molar-refractivity contribution in [3.8, 4) is 11.5 Å². The van der Waals surface area contributed by atoms with Crippen LogP contribution in [0.1, 0.15) is 16.7 Å². The molecule has 32 heavy (non-hydrogen) atoms. The first kappa shape index (κ1) is 22.6. The van der Waals surface area contributed by atoms with Gasteiger partial charge in [-0.2, -0.15) is 4.31 Å². The Morgan fingerprint density at radius 1 is 1.03 bits per heavy atom. The predicted molar refractivity (Wildman–Crippen MR) is 122 cm³/mol. The zero-order chi connectivity index (χ0) is 22.6. The molecule has 0 radical (unpaired) electrons. The second kappa shape index (κ2) is 9.92. The Kier molecular flexibility index (Phi) is 7.01. The summed E-state index contributed by atoms with van der Waals surface area (Å²) in [6.07, 6.45) is 0. The first-order chi connectivity index (χ1) is 15.5. The maximum absolute atomic E-state index is 13.2. The number of methoxy groups -OCH3 is 1. The molecule has 0 saturated carbocycles. The van der Waals surface area contributed by atoms with Crippen molar-refractivity contribution in [3.63, 3.8) is 0 Å². The minimum atomic E-state index is -3.67. The third-order valence-electron chi connectivity index (χ3n) is 5.25. The molecule has 0 saturated heterocycles. The lowest BCUT2D eigenvalue weighted by molar-refractivity contribution is 0.107. The van der Waals surface area contributed by atoms with E-state index < -0.39 is 10.0 Å². The second-order valence-corrected chi connectivity index (χ2v) is 9.73. The van der Waals surface area contributed by atoms with E-state index in [1.807, 2.05) is 42.5 Å². The zero-order valence-electron chi connectivity index (χ0n) is 17.7. The molecule has 0 aromatic heterocycles. The number of sulfonamides is 1. The van der Waals surface area contributed by atoms with Gasteiger partial charge in [-0.15, -0.1) is 0 Å². The average molecular weight is 474 g/mol. The van der Waals surface area contributed by atoms with Crippen molar-refractivity contribution in [2.75, 3.05) is 20.3 Å². The zero-order valence-corrected chi connectivity index (χ0v) is 19.2. The largest absolute Gasteiger partial charge is 0.497 e. The van der Waals surface area contributed by atoms with Crippen LogP contribution in [-0.2, 0) is 34.5 Å². The van der Waals surface area contributed by atoms with Crippen molar-refractivity contribution < 1.29 is 22.6 Å². The molecule has 0 aliphatic carbocycles. The van der Waals surface area contributed by atoms with Gasteiger partial charge in [0.1, 0.15) is 18.1 Å². The fourth-order valence-electron chi connectivity index (χ4n) is 3.51. The summed E-state index contributed by atoms with van der Waals surface area (Å²) in [6.45, 7) is 1.54. The number of benzene rings is 3. The van der Waals surface area contributed by atoms with Gasteiger partial charge in [0.15, 0.2) is 0 Å². The molecule has 1 aliphatic heterocycles. The summed E-state index contributed by atoms with van der Waals surface area (Å²) in [5.41, 5.74) is 2.66. The monoisotopic (exact) mass is 473 g/mol. The Labute approximate surface area is 193 Å². The van der Waals surface area contributed by atoms with Crippen molar-refractivity contribution in [2.24, 2.45) is 0 Å². The first-order valence-electron chi connectivity index (χ1n) is 10.2. The van der Waals surface area contributed by atoms with Crippen molar-refractivity contribution >= 4 is 21.6 Å². The van der Waals surface area contributed by atoms with E-state index in [0.717, 1.165) is 16.7 Å². The average Bonchev–Trinajstić information content (AvgIpc) is 3.03. The molecular weight excluding hydrogens is 450 g/mol. The van der Waals surface area contributed by atoms with Crippen LogP contribution in [0.3, 0.4) is 0 Å². The number of hydrogen-bond donors (Lipinski definition) is 0. The van der Waals surface area contributed by atoms with E-state index in [1.165, 1.54) is 4.31 Å². The van der Waals surface area contributed by atoms with E-state index in [9.17, 15) is 8.42 Å². The minimum Gasteiger partial charge on any atom is -0.497 e. The maximum atomic E-state index is 13.2. The van der Waals surface area contributed by atoms with Crippen LogP contribution in [0.4, 0.5) is 0 Å². The summed E-state index contributed by atoms with van der Waals surface area (Å²) in [4.78, 5) is 0.223. The Balaban J connectivity index is 1.48. The summed E-state index contributed by atoms with van der Waals surface area (Å²) < 4.78 is 44.6. The number of halogens is 1. The van der Waals surface area contributed by atoms with Crippen LogP contribution in [0.2, 0.25) is 5.02 Å². The fourth-order valence-corrected chi connectivity index (χ4v) is 5.10. The molecule has 0 amide bonds. The van der Waals surface area contributed by atoms with Crippen LogP contribution in [0.25, 0.3) is 0 Å². The summed E-state index contributed by atoms with van der Waals surface area (Å²) in [7, 11) is -2.13. The lowest BCUT2D eigenvalue weighted by Gasteiger charge is -2.20. The number of hydrogen-bond acceptors (Lipinski definition) is 5. The third-order valence-corrected chi connectivity index (χ3v) is 7.48. The smallest absolute Gasteiger partial charge is 0.243 e. The van der Waals surface area contributed by atoms with Crippen molar-refractivity contribution in [3.05, 3.63) is 88.4 Å². The lowest BCUT2D eigenvalue weighted by atomic mass is 10.1. The first-order valence-corrected chi connectivity index (χ1v) is 12.0. The van der Waals surface area contributed by atoms with Crippen LogP contribution in [-0.4, -0.2) is 33.0 Å². The predicted octanol–water partition coefficient (Wildman–Crippen LogP) is 4.65. The Morgan fingerprint density at radius 3 is 2.56 bits per heavy atom. The van der Waals surface area contributed by atoms with E-state index >= 15 is 0 Å². The maximum Gasteiger partial charge on any atom is 0.243 e. The minimum absolute atomic E-state index is 0.223. The SMILES string of the molecule is COc1ccc(S(=O)(=O)N2CCOc3ccc(COCc4ccccc4Cl)cc3C2)cc1. The molecule has 0 spiro atoms. The number of rotatable bonds is 7. The summed E-state index contributed by atoms with van der Waals surface area (Å²) in [6, 6.07) is 19.7. The highest BCUT2D eigenvalue weighted by molar-refractivity contribution is 7.89.